The van der Waals surface area contributed by atoms with Crippen LogP contribution in [0, 0.1) is 0 Å². The molecule has 0 bridgehead atoms. The zero-order chi connectivity index (χ0) is 15.6. The molecule has 0 aliphatic rings. The summed E-state index contributed by atoms with van der Waals surface area (Å²) in [5.41, 5.74) is 0.797. The molecule has 22 heavy (non-hydrogen) atoms. The Balaban J connectivity index is 1.80. The second kappa shape index (κ2) is 9.26. The van der Waals surface area contributed by atoms with Crippen molar-refractivity contribution in [2.24, 2.45) is 0 Å². The van der Waals surface area contributed by atoms with E-state index in [1.165, 1.54) is 0 Å². The molecule has 0 saturated carbocycles. The summed E-state index contributed by atoms with van der Waals surface area (Å²) in [5, 5.41) is 3.90. The maximum Gasteiger partial charge on any atom is 0.224 e. The first-order valence-electron chi connectivity index (χ1n) is 7.47. The topological polar surface area (TPSA) is 38.3 Å². The Labute approximate surface area is 139 Å². The second-order valence-electron chi connectivity index (χ2n) is 4.99. The molecule has 0 aliphatic carbocycles. The van der Waals surface area contributed by atoms with Gasteiger partial charge in [-0.15, -0.1) is 0 Å². The number of benzene rings is 2. The van der Waals surface area contributed by atoms with Crippen LogP contribution >= 0.6 is 15.9 Å². The summed E-state index contributed by atoms with van der Waals surface area (Å²) in [6.07, 6.45) is 3.67. The fraction of sp³-hybridized carbons (Fsp3) is 0.278. The van der Waals surface area contributed by atoms with Crippen molar-refractivity contribution in [2.75, 3.05) is 10.6 Å². The molecule has 1 amide bonds. The third kappa shape index (κ3) is 5.90. The Bertz CT molecular complexity index is 569. The van der Waals surface area contributed by atoms with E-state index in [1.54, 1.807) is 0 Å². The molecule has 2 aromatic carbocycles. The largest absolute Gasteiger partial charge is 0.457 e. The monoisotopic (exact) mass is 361 g/mol. The Hall–Kier alpha value is -1.81. The van der Waals surface area contributed by atoms with Crippen molar-refractivity contribution in [3.63, 3.8) is 0 Å². The number of nitrogens with one attached hydrogen (secondary N) is 1. The molecule has 0 spiro atoms. The fourth-order valence-electron chi connectivity index (χ4n) is 2.01. The van der Waals surface area contributed by atoms with Crippen LogP contribution in [0.15, 0.2) is 54.6 Å². The Kier molecular flexibility index (Phi) is 6.97. The van der Waals surface area contributed by atoms with Gasteiger partial charge in [0.25, 0.3) is 0 Å². The van der Waals surface area contributed by atoms with Crippen molar-refractivity contribution in [3.05, 3.63) is 54.6 Å². The van der Waals surface area contributed by atoms with Gasteiger partial charge < -0.3 is 10.1 Å². The minimum Gasteiger partial charge on any atom is -0.457 e. The number of hydrogen-bond acceptors (Lipinski definition) is 2. The van der Waals surface area contributed by atoms with Gasteiger partial charge in [-0.3, -0.25) is 4.79 Å². The number of hydrogen-bond donors (Lipinski definition) is 1. The van der Waals surface area contributed by atoms with E-state index in [2.05, 4.69) is 21.2 Å². The first-order chi connectivity index (χ1) is 10.8. The first-order valence-corrected chi connectivity index (χ1v) is 8.59. The molecule has 0 atom stereocenters. The van der Waals surface area contributed by atoms with Gasteiger partial charge in [0.15, 0.2) is 0 Å². The SMILES string of the molecule is O=C(CCCCCBr)Nc1ccc(Oc2ccccc2)cc1. The van der Waals surface area contributed by atoms with E-state index in [0.717, 1.165) is 41.8 Å². The van der Waals surface area contributed by atoms with Crippen molar-refractivity contribution < 1.29 is 9.53 Å². The average molecular weight is 362 g/mol. The smallest absolute Gasteiger partial charge is 0.224 e. The van der Waals surface area contributed by atoms with Gasteiger partial charge in [-0.25, -0.2) is 0 Å². The lowest BCUT2D eigenvalue weighted by Crippen LogP contribution is -2.10. The molecular weight excluding hydrogens is 342 g/mol. The molecule has 0 radical (unpaired) electrons. The summed E-state index contributed by atoms with van der Waals surface area (Å²) in [6.45, 7) is 0. The molecule has 2 rings (SSSR count). The molecule has 3 nitrogen and oxygen atoms in total. The summed E-state index contributed by atoms with van der Waals surface area (Å²) < 4.78 is 5.71. The van der Waals surface area contributed by atoms with Crippen LogP contribution in [0.25, 0.3) is 0 Å². The van der Waals surface area contributed by atoms with Crippen LogP contribution in [0.3, 0.4) is 0 Å². The molecule has 116 valence electrons. The number of carbonyl (C=O) groups excluding carboxylic acids is 1. The molecule has 0 aromatic heterocycles. The van der Waals surface area contributed by atoms with E-state index in [1.807, 2.05) is 54.6 Å². The third-order valence-corrected chi connectivity index (χ3v) is 3.72. The maximum absolute atomic E-state index is 11.8. The number of anilines is 1. The van der Waals surface area contributed by atoms with Gasteiger partial charge in [-0.2, -0.15) is 0 Å². The van der Waals surface area contributed by atoms with E-state index >= 15 is 0 Å². The predicted octanol–water partition coefficient (Wildman–Crippen LogP) is 5.37. The Morgan fingerprint density at radius 1 is 0.909 bits per heavy atom. The van der Waals surface area contributed by atoms with Crippen LogP contribution in [0.4, 0.5) is 5.69 Å². The average Bonchev–Trinajstić information content (AvgIpc) is 2.54. The molecule has 0 saturated heterocycles. The number of para-hydroxylation sites is 1. The quantitative estimate of drug-likeness (QED) is 0.506. The molecule has 2 aromatic rings. The lowest BCUT2D eigenvalue weighted by atomic mass is 10.2. The minimum atomic E-state index is 0.0614. The minimum absolute atomic E-state index is 0.0614. The summed E-state index contributed by atoms with van der Waals surface area (Å²) in [7, 11) is 0. The van der Waals surface area contributed by atoms with Crippen molar-refractivity contribution in [2.45, 2.75) is 25.7 Å². The van der Waals surface area contributed by atoms with Gasteiger partial charge in [0.05, 0.1) is 0 Å². The Morgan fingerprint density at radius 2 is 1.59 bits per heavy atom. The maximum atomic E-state index is 11.8. The van der Waals surface area contributed by atoms with Crippen molar-refractivity contribution in [3.8, 4) is 11.5 Å². The van der Waals surface area contributed by atoms with Crippen molar-refractivity contribution in [1.29, 1.82) is 0 Å². The van der Waals surface area contributed by atoms with Crippen LogP contribution in [0.2, 0.25) is 0 Å². The lowest BCUT2D eigenvalue weighted by molar-refractivity contribution is -0.116. The van der Waals surface area contributed by atoms with Crippen molar-refractivity contribution >= 4 is 27.5 Å². The normalized spacial score (nSPS) is 10.2. The van der Waals surface area contributed by atoms with Gasteiger partial charge in [0.2, 0.25) is 5.91 Å². The van der Waals surface area contributed by atoms with Gasteiger partial charge in [-0.05, 0) is 49.2 Å². The molecule has 0 heterocycles. The number of amides is 1. The highest BCUT2D eigenvalue weighted by atomic mass is 79.9. The van der Waals surface area contributed by atoms with Gasteiger partial charge in [0, 0.05) is 17.4 Å². The van der Waals surface area contributed by atoms with E-state index < -0.39 is 0 Å². The van der Waals surface area contributed by atoms with Crippen LogP contribution in [0.5, 0.6) is 11.5 Å². The number of halogens is 1. The van der Waals surface area contributed by atoms with Crippen LogP contribution in [0.1, 0.15) is 25.7 Å². The van der Waals surface area contributed by atoms with Gasteiger partial charge >= 0.3 is 0 Å². The van der Waals surface area contributed by atoms with Crippen LogP contribution < -0.4 is 10.1 Å². The van der Waals surface area contributed by atoms with E-state index in [-0.39, 0.29) is 5.91 Å². The van der Waals surface area contributed by atoms with E-state index in [9.17, 15) is 4.79 Å². The summed E-state index contributed by atoms with van der Waals surface area (Å²) >= 11 is 3.39. The van der Waals surface area contributed by atoms with Gasteiger partial charge in [0.1, 0.15) is 11.5 Å². The molecule has 0 aliphatic heterocycles. The molecule has 0 unspecified atom stereocenters. The Morgan fingerprint density at radius 3 is 2.27 bits per heavy atom. The third-order valence-electron chi connectivity index (χ3n) is 3.15. The lowest BCUT2D eigenvalue weighted by Gasteiger charge is -2.08. The summed E-state index contributed by atoms with van der Waals surface area (Å²) in [4.78, 5) is 11.8. The fourth-order valence-corrected chi connectivity index (χ4v) is 2.41. The standard InChI is InChI=1S/C18H20BrNO2/c19-14-6-2-5-9-18(21)20-15-10-12-17(13-11-15)22-16-7-3-1-4-8-16/h1,3-4,7-8,10-13H,2,5-6,9,14H2,(H,20,21). The predicted molar refractivity (Wildman–Crippen MR) is 93.8 cm³/mol. The van der Waals surface area contributed by atoms with Gasteiger partial charge in [-0.1, -0.05) is 40.5 Å². The number of rotatable bonds is 8. The summed E-state index contributed by atoms with van der Waals surface area (Å²) in [5.74, 6) is 1.61. The molecule has 4 heteroatoms. The zero-order valence-electron chi connectivity index (χ0n) is 12.4. The number of unbranched alkanes of at least 4 members (excludes halogenated alkanes) is 2. The second-order valence-corrected chi connectivity index (χ2v) is 5.78. The molecular formula is C18H20BrNO2. The highest BCUT2D eigenvalue weighted by molar-refractivity contribution is 9.09. The molecule has 1 N–H and O–H groups in total. The van der Waals surface area contributed by atoms with Crippen LogP contribution in [-0.4, -0.2) is 11.2 Å². The number of alkyl halides is 1. The number of carbonyl (C=O) groups is 1. The molecule has 0 fully saturated rings. The highest BCUT2D eigenvalue weighted by Gasteiger charge is 2.03. The first kappa shape index (κ1) is 16.6. The zero-order valence-corrected chi connectivity index (χ0v) is 14.0. The van der Waals surface area contributed by atoms with Crippen LogP contribution in [-0.2, 0) is 4.79 Å². The number of ether oxygens (including phenoxy) is 1. The highest BCUT2D eigenvalue weighted by Crippen LogP contribution is 2.22. The summed E-state index contributed by atoms with van der Waals surface area (Å²) in [6, 6.07) is 17.0. The van der Waals surface area contributed by atoms with E-state index in [4.69, 9.17) is 4.74 Å². The van der Waals surface area contributed by atoms with E-state index in [0.29, 0.717) is 6.42 Å². The van der Waals surface area contributed by atoms with Crippen molar-refractivity contribution in [1.82, 2.24) is 0 Å².